The molecular weight excluding hydrogens is 264 g/mol. The average molecular weight is 287 g/mol. The molecule has 0 aliphatic heterocycles. The second kappa shape index (κ2) is 8.77. The summed E-state index contributed by atoms with van der Waals surface area (Å²) in [7, 11) is 1.65. The summed E-state index contributed by atoms with van der Waals surface area (Å²) in [4.78, 5) is 13.5. The van der Waals surface area contributed by atoms with Gasteiger partial charge in [0.15, 0.2) is 0 Å². The number of carbonyl (C=O) groups excluding carboxylic acids is 1. The Morgan fingerprint density at radius 3 is 2.37 bits per heavy atom. The lowest BCUT2D eigenvalue weighted by molar-refractivity contribution is -0.131. The minimum absolute atomic E-state index is 0. The fourth-order valence-electron chi connectivity index (χ4n) is 2.06. The Kier molecular flexibility index (Phi) is 8.19. The Labute approximate surface area is 121 Å². The fourth-order valence-corrected chi connectivity index (χ4v) is 2.06. The zero-order valence-electron chi connectivity index (χ0n) is 11.8. The SMILES string of the molecule is CCN(C(=O)CN)C(C)Cc1ccc(OC)cc1.Cl. The number of rotatable bonds is 6. The van der Waals surface area contributed by atoms with Crippen molar-refractivity contribution in [1.82, 2.24) is 4.90 Å². The van der Waals surface area contributed by atoms with Gasteiger partial charge in [-0.1, -0.05) is 12.1 Å². The van der Waals surface area contributed by atoms with Crippen molar-refractivity contribution in [2.24, 2.45) is 5.73 Å². The van der Waals surface area contributed by atoms with Gasteiger partial charge in [0.1, 0.15) is 5.75 Å². The minimum Gasteiger partial charge on any atom is -0.497 e. The zero-order valence-corrected chi connectivity index (χ0v) is 12.6. The third-order valence-corrected chi connectivity index (χ3v) is 3.06. The summed E-state index contributed by atoms with van der Waals surface area (Å²) in [5, 5.41) is 0. The van der Waals surface area contributed by atoms with Gasteiger partial charge in [0.2, 0.25) is 5.91 Å². The topological polar surface area (TPSA) is 55.6 Å². The number of ether oxygens (including phenoxy) is 1. The van der Waals surface area contributed by atoms with E-state index in [2.05, 4.69) is 0 Å². The summed E-state index contributed by atoms with van der Waals surface area (Å²) in [6.45, 7) is 4.77. The molecule has 1 atom stereocenters. The van der Waals surface area contributed by atoms with Crippen LogP contribution in [0.25, 0.3) is 0 Å². The molecule has 0 fully saturated rings. The lowest BCUT2D eigenvalue weighted by Crippen LogP contribution is -2.42. The number of carbonyl (C=O) groups is 1. The van der Waals surface area contributed by atoms with Gasteiger partial charge in [-0.05, 0) is 38.0 Å². The van der Waals surface area contributed by atoms with E-state index in [9.17, 15) is 4.79 Å². The number of likely N-dealkylation sites (N-methyl/N-ethyl adjacent to an activating group) is 1. The van der Waals surface area contributed by atoms with Crippen LogP contribution in [-0.2, 0) is 11.2 Å². The van der Waals surface area contributed by atoms with Crippen molar-refractivity contribution in [3.8, 4) is 5.75 Å². The predicted molar refractivity (Wildman–Crippen MR) is 79.8 cm³/mol. The first-order valence-corrected chi connectivity index (χ1v) is 6.24. The molecule has 0 saturated heterocycles. The van der Waals surface area contributed by atoms with E-state index in [0.29, 0.717) is 6.54 Å². The van der Waals surface area contributed by atoms with Crippen LogP contribution in [0.3, 0.4) is 0 Å². The molecule has 0 aliphatic rings. The highest BCUT2D eigenvalue weighted by Gasteiger charge is 2.17. The number of halogens is 1. The van der Waals surface area contributed by atoms with Gasteiger partial charge in [-0.3, -0.25) is 4.79 Å². The number of nitrogens with two attached hydrogens (primary N) is 1. The van der Waals surface area contributed by atoms with E-state index in [0.717, 1.165) is 12.2 Å². The summed E-state index contributed by atoms with van der Waals surface area (Å²) in [6.07, 6.45) is 0.823. The highest BCUT2D eigenvalue weighted by molar-refractivity contribution is 5.85. The molecule has 0 aliphatic carbocycles. The second-order valence-electron chi connectivity index (χ2n) is 4.29. The summed E-state index contributed by atoms with van der Waals surface area (Å²) in [5.41, 5.74) is 6.60. The molecule has 1 rings (SSSR count). The van der Waals surface area contributed by atoms with Gasteiger partial charge < -0.3 is 15.4 Å². The van der Waals surface area contributed by atoms with Crippen molar-refractivity contribution in [1.29, 1.82) is 0 Å². The second-order valence-corrected chi connectivity index (χ2v) is 4.29. The van der Waals surface area contributed by atoms with Gasteiger partial charge in [0.25, 0.3) is 0 Å². The maximum Gasteiger partial charge on any atom is 0.236 e. The van der Waals surface area contributed by atoms with Crippen LogP contribution >= 0.6 is 12.4 Å². The number of benzene rings is 1. The molecule has 5 heteroatoms. The van der Waals surface area contributed by atoms with E-state index in [1.54, 1.807) is 7.11 Å². The van der Waals surface area contributed by atoms with E-state index in [1.807, 2.05) is 43.0 Å². The smallest absolute Gasteiger partial charge is 0.236 e. The van der Waals surface area contributed by atoms with Gasteiger partial charge in [-0.25, -0.2) is 0 Å². The molecule has 1 unspecified atom stereocenters. The molecule has 4 nitrogen and oxygen atoms in total. The lowest BCUT2D eigenvalue weighted by atomic mass is 10.1. The maximum atomic E-state index is 11.7. The Morgan fingerprint density at radius 1 is 1.37 bits per heavy atom. The number of hydrogen-bond acceptors (Lipinski definition) is 3. The van der Waals surface area contributed by atoms with Gasteiger partial charge >= 0.3 is 0 Å². The lowest BCUT2D eigenvalue weighted by Gasteiger charge is -2.27. The highest BCUT2D eigenvalue weighted by Crippen LogP contribution is 2.14. The summed E-state index contributed by atoms with van der Waals surface area (Å²) < 4.78 is 5.12. The molecule has 1 aromatic rings. The molecule has 1 aromatic carbocycles. The summed E-state index contributed by atoms with van der Waals surface area (Å²) in [5.74, 6) is 0.843. The van der Waals surface area contributed by atoms with Crippen molar-refractivity contribution in [2.45, 2.75) is 26.3 Å². The van der Waals surface area contributed by atoms with Gasteiger partial charge in [0.05, 0.1) is 13.7 Å². The van der Waals surface area contributed by atoms with E-state index in [4.69, 9.17) is 10.5 Å². The summed E-state index contributed by atoms with van der Waals surface area (Å²) >= 11 is 0. The van der Waals surface area contributed by atoms with Gasteiger partial charge in [-0.2, -0.15) is 0 Å². The van der Waals surface area contributed by atoms with E-state index in [1.165, 1.54) is 5.56 Å². The van der Waals surface area contributed by atoms with Gasteiger partial charge in [0, 0.05) is 12.6 Å². The molecule has 2 N–H and O–H groups in total. The van der Waals surface area contributed by atoms with Crippen LogP contribution in [0.4, 0.5) is 0 Å². The summed E-state index contributed by atoms with van der Waals surface area (Å²) in [6, 6.07) is 8.07. The predicted octanol–water partition coefficient (Wildman–Crippen LogP) is 1.86. The molecule has 0 heterocycles. The average Bonchev–Trinajstić information content (AvgIpc) is 2.40. The molecule has 1 amide bonds. The molecule has 108 valence electrons. The number of methoxy groups -OCH3 is 1. The molecule has 19 heavy (non-hydrogen) atoms. The minimum atomic E-state index is -0.00138. The van der Waals surface area contributed by atoms with E-state index < -0.39 is 0 Å². The monoisotopic (exact) mass is 286 g/mol. The van der Waals surface area contributed by atoms with Crippen LogP contribution in [0.1, 0.15) is 19.4 Å². The van der Waals surface area contributed by atoms with Crippen molar-refractivity contribution in [2.75, 3.05) is 20.2 Å². The third kappa shape index (κ3) is 5.09. The van der Waals surface area contributed by atoms with Crippen molar-refractivity contribution in [3.05, 3.63) is 29.8 Å². The number of hydrogen-bond donors (Lipinski definition) is 1. The van der Waals surface area contributed by atoms with Crippen molar-refractivity contribution < 1.29 is 9.53 Å². The van der Waals surface area contributed by atoms with Crippen LogP contribution in [0.2, 0.25) is 0 Å². The number of nitrogens with zero attached hydrogens (tertiary/aromatic N) is 1. The van der Waals surface area contributed by atoms with Gasteiger partial charge in [-0.15, -0.1) is 12.4 Å². The van der Waals surface area contributed by atoms with Crippen LogP contribution in [0, 0.1) is 0 Å². The standard InChI is InChI=1S/C14H22N2O2.ClH/c1-4-16(14(17)10-15)11(2)9-12-5-7-13(18-3)8-6-12;/h5-8,11H,4,9-10,15H2,1-3H3;1H. The molecule has 0 spiro atoms. The first-order valence-electron chi connectivity index (χ1n) is 6.24. The molecule has 0 saturated carbocycles. The van der Waals surface area contributed by atoms with Crippen LogP contribution < -0.4 is 10.5 Å². The Hall–Kier alpha value is -1.26. The first-order chi connectivity index (χ1) is 8.62. The molecule has 0 radical (unpaired) electrons. The van der Waals surface area contributed by atoms with E-state index >= 15 is 0 Å². The molecular formula is C14H23ClN2O2. The fraction of sp³-hybridized carbons (Fsp3) is 0.500. The van der Waals surface area contributed by atoms with Crippen LogP contribution in [0.5, 0.6) is 5.75 Å². The Balaban J connectivity index is 0.00000324. The highest BCUT2D eigenvalue weighted by atomic mass is 35.5. The third-order valence-electron chi connectivity index (χ3n) is 3.06. The largest absolute Gasteiger partial charge is 0.497 e. The Bertz CT molecular complexity index is 382. The normalized spacial score (nSPS) is 11.4. The van der Waals surface area contributed by atoms with E-state index in [-0.39, 0.29) is 30.9 Å². The number of amides is 1. The van der Waals surface area contributed by atoms with Crippen LogP contribution in [0.15, 0.2) is 24.3 Å². The molecule has 0 bridgehead atoms. The Morgan fingerprint density at radius 2 is 1.95 bits per heavy atom. The first kappa shape index (κ1) is 17.7. The van der Waals surface area contributed by atoms with Crippen molar-refractivity contribution >= 4 is 18.3 Å². The zero-order chi connectivity index (χ0) is 13.5. The van der Waals surface area contributed by atoms with Crippen LogP contribution in [-0.4, -0.2) is 37.0 Å². The molecule has 0 aromatic heterocycles. The maximum absolute atomic E-state index is 11.7. The quantitative estimate of drug-likeness (QED) is 0.868. The van der Waals surface area contributed by atoms with Crippen molar-refractivity contribution in [3.63, 3.8) is 0 Å².